The summed E-state index contributed by atoms with van der Waals surface area (Å²) in [6.07, 6.45) is 0. The fraction of sp³-hybridized carbons (Fsp3) is 0.286. The molecule has 2 atom stereocenters. The molecular formula is C14H16N2O3S2. The van der Waals surface area contributed by atoms with Crippen LogP contribution in [0.3, 0.4) is 0 Å². The van der Waals surface area contributed by atoms with E-state index in [4.69, 9.17) is 10.5 Å². The fourth-order valence-electron chi connectivity index (χ4n) is 1.88. The van der Waals surface area contributed by atoms with Crippen LogP contribution in [0.15, 0.2) is 30.3 Å². The largest absolute Gasteiger partial charge is 0.433 e. The van der Waals surface area contributed by atoms with E-state index in [-0.39, 0.29) is 0 Å². The van der Waals surface area contributed by atoms with E-state index in [1.807, 2.05) is 30.3 Å². The maximum atomic E-state index is 11.8. The first-order valence-electron chi connectivity index (χ1n) is 6.29. The molecule has 21 heavy (non-hydrogen) atoms. The smallest absolute Gasteiger partial charge is 0.320 e. The summed E-state index contributed by atoms with van der Waals surface area (Å²) in [5.74, 6) is -0.535. The number of ether oxygens (including phenoxy) is 1. The fourth-order valence-corrected chi connectivity index (χ4v) is 3.03. The summed E-state index contributed by atoms with van der Waals surface area (Å²) >= 11 is 5.47. The normalized spacial score (nSPS) is 15.2. The number of carbonyl (C=O) groups is 2. The van der Waals surface area contributed by atoms with Crippen molar-refractivity contribution in [3.05, 3.63) is 35.2 Å². The number of carbonyl (C=O) groups excluding carboxylic acids is 2. The number of amides is 2. The Morgan fingerprint density at radius 2 is 2.10 bits per heavy atom. The molecule has 7 heteroatoms. The van der Waals surface area contributed by atoms with Gasteiger partial charge in [0.25, 0.3) is 0 Å². The lowest BCUT2D eigenvalue weighted by molar-refractivity contribution is -0.159. The molecule has 0 radical (unpaired) electrons. The van der Waals surface area contributed by atoms with Gasteiger partial charge in [0.05, 0.1) is 10.1 Å². The van der Waals surface area contributed by atoms with Gasteiger partial charge in [-0.3, -0.25) is 10.1 Å². The minimum atomic E-state index is -1.32. The second kappa shape index (κ2) is 5.95. The Morgan fingerprint density at radius 3 is 2.67 bits per heavy atom. The van der Waals surface area contributed by atoms with Gasteiger partial charge in [-0.25, -0.2) is 4.79 Å². The van der Waals surface area contributed by atoms with E-state index in [0.29, 0.717) is 4.88 Å². The van der Waals surface area contributed by atoms with E-state index in [9.17, 15) is 9.59 Å². The molecule has 0 aliphatic carbocycles. The van der Waals surface area contributed by atoms with Crippen molar-refractivity contribution in [2.45, 2.75) is 24.8 Å². The highest BCUT2D eigenvalue weighted by Gasteiger charge is 2.35. The monoisotopic (exact) mass is 324 g/mol. The van der Waals surface area contributed by atoms with Crippen LogP contribution in [0.2, 0.25) is 0 Å². The van der Waals surface area contributed by atoms with Crippen LogP contribution in [-0.4, -0.2) is 17.3 Å². The Bertz CT molecular complexity index is 651. The van der Waals surface area contributed by atoms with Gasteiger partial charge in [0.2, 0.25) is 5.72 Å². The van der Waals surface area contributed by atoms with Crippen LogP contribution in [0.4, 0.5) is 4.79 Å². The number of urea groups is 1. The first kappa shape index (κ1) is 15.7. The maximum absolute atomic E-state index is 11.8. The minimum absolute atomic E-state index is 0.535. The van der Waals surface area contributed by atoms with Crippen LogP contribution in [0.1, 0.15) is 18.7 Å². The van der Waals surface area contributed by atoms with Crippen molar-refractivity contribution < 1.29 is 14.3 Å². The van der Waals surface area contributed by atoms with E-state index in [1.165, 1.54) is 11.3 Å². The van der Waals surface area contributed by atoms with Crippen molar-refractivity contribution in [2.24, 2.45) is 5.73 Å². The van der Waals surface area contributed by atoms with Crippen molar-refractivity contribution in [1.29, 1.82) is 0 Å². The molecule has 0 saturated heterocycles. The van der Waals surface area contributed by atoms with Crippen LogP contribution < -0.4 is 11.1 Å². The molecule has 2 rings (SSSR count). The molecule has 112 valence electrons. The number of hydrogen-bond donors (Lipinski definition) is 3. The van der Waals surface area contributed by atoms with Crippen LogP contribution in [0.5, 0.6) is 0 Å². The number of rotatable bonds is 4. The van der Waals surface area contributed by atoms with Crippen LogP contribution in [0.25, 0.3) is 10.1 Å². The molecule has 1 aromatic heterocycles. The molecule has 2 unspecified atom stereocenters. The van der Waals surface area contributed by atoms with Crippen molar-refractivity contribution in [3.63, 3.8) is 0 Å². The number of benzene rings is 1. The third-order valence-electron chi connectivity index (χ3n) is 2.90. The van der Waals surface area contributed by atoms with Gasteiger partial charge in [0.15, 0.2) is 0 Å². The van der Waals surface area contributed by atoms with Crippen LogP contribution >= 0.6 is 24.0 Å². The predicted octanol–water partition coefficient (Wildman–Crippen LogP) is 2.60. The number of hydrogen-bond acceptors (Lipinski definition) is 5. The lowest BCUT2D eigenvalue weighted by atomic mass is 10.1. The Balaban J connectivity index is 2.42. The molecule has 2 amide bonds. The molecule has 0 aliphatic rings. The summed E-state index contributed by atoms with van der Waals surface area (Å²) in [6, 6.07) is 8.84. The average Bonchev–Trinajstić information content (AvgIpc) is 2.81. The van der Waals surface area contributed by atoms with Crippen molar-refractivity contribution in [3.8, 4) is 0 Å². The number of fused-ring (bicyclic) bond motifs is 1. The summed E-state index contributed by atoms with van der Waals surface area (Å²) < 4.78 is 6.44. The van der Waals surface area contributed by atoms with Crippen molar-refractivity contribution in [2.75, 3.05) is 0 Å². The van der Waals surface area contributed by atoms with Gasteiger partial charge >= 0.3 is 12.0 Å². The first-order valence-corrected chi connectivity index (χ1v) is 7.63. The van der Waals surface area contributed by atoms with E-state index in [1.54, 1.807) is 13.8 Å². The lowest BCUT2D eigenvalue weighted by Crippen LogP contribution is -2.49. The summed E-state index contributed by atoms with van der Waals surface area (Å²) in [5, 5.41) is 2.89. The van der Waals surface area contributed by atoms with Gasteiger partial charge in [-0.1, -0.05) is 18.2 Å². The first-order chi connectivity index (χ1) is 9.82. The molecule has 3 N–H and O–H groups in total. The molecule has 1 heterocycles. The highest BCUT2D eigenvalue weighted by molar-refractivity contribution is 7.81. The number of esters is 1. The molecule has 0 fully saturated rings. The molecule has 2 aromatic rings. The van der Waals surface area contributed by atoms with Crippen LogP contribution in [-0.2, 0) is 15.3 Å². The molecule has 1 aromatic carbocycles. The van der Waals surface area contributed by atoms with E-state index in [2.05, 4.69) is 17.9 Å². The predicted molar refractivity (Wildman–Crippen MR) is 86.4 cm³/mol. The second-order valence-electron chi connectivity index (χ2n) is 4.77. The van der Waals surface area contributed by atoms with Crippen molar-refractivity contribution in [1.82, 2.24) is 5.32 Å². The van der Waals surface area contributed by atoms with Gasteiger partial charge in [0, 0.05) is 11.6 Å². The minimum Gasteiger partial charge on any atom is -0.433 e. The molecule has 0 bridgehead atoms. The molecular weight excluding hydrogens is 308 g/mol. The van der Waals surface area contributed by atoms with E-state index in [0.717, 1.165) is 10.1 Å². The molecule has 0 aliphatic heterocycles. The van der Waals surface area contributed by atoms with Crippen molar-refractivity contribution >= 4 is 46.1 Å². The van der Waals surface area contributed by atoms with Gasteiger partial charge in [-0.05, 0) is 24.4 Å². The number of primary amides is 1. The number of thiophene rings is 1. The topological polar surface area (TPSA) is 81.4 Å². The Hall–Kier alpha value is -1.73. The van der Waals surface area contributed by atoms with Gasteiger partial charge in [-0.15, -0.1) is 11.3 Å². The Morgan fingerprint density at radius 1 is 1.43 bits per heavy atom. The summed E-state index contributed by atoms with van der Waals surface area (Å²) in [6.45, 7) is 3.19. The maximum Gasteiger partial charge on any atom is 0.320 e. The van der Waals surface area contributed by atoms with E-state index < -0.39 is 23.0 Å². The number of nitrogens with one attached hydrogen (secondary N) is 1. The lowest BCUT2D eigenvalue weighted by Gasteiger charge is -2.29. The third-order valence-corrected chi connectivity index (χ3v) is 4.43. The van der Waals surface area contributed by atoms with Gasteiger partial charge < -0.3 is 10.5 Å². The summed E-state index contributed by atoms with van der Waals surface area (Å²) in [7, 11) is 0. The molecule has 5 nitrogen and oxygen atoms in total. The zero-order chi connectivity index (χ0) is 15.6. The summed E-state index contributed by atoms with van der Waals surface area (Å²) in [5.41, 5.74) is 3.89. The zero-order valence-electron chi connectivity index (χ0n) is 11.6. The second-order valence-corrected chi connectivity index (χ2v) is 6.63. The third kappa shape index (κ3) is 3.48. The average molecular weight is 324 g/mol. The SMILES string of the molecule is CC(S)C(=O)OC(C)(NC(N)=O)c1cc2ccccc2s1. The quantitative estimate of drug-likeness (QED) is 0.459. The number of nitrogens with two attached hydrogens (primary N) is 1. The summed E-state index contributed by atoms with van der Waals surface area (Å²) in [4.78, 5) is 23.8. The zero-order valence-corrected chi connectivity index (χ0v) is 13.3. The van der Waals surface area contributed by atoms with Gasteiger partial charge in [-0.2, -0.15) is 12.6 Å². The number of thiol groups is 1. The van der Waals surface area contributed by atoms with Gasteiger partial charge in [0.1, 0.15) is 0 Å². The van der Waals surface area contributed by atoms with Crippen LogP contribution in [0, 0.1) is 0 Å². The molecule has 0 spiro atoms. The molecule has 0 saturated carbocycles. The standard InChI is InChI=1S/C14H16N2O3S2/c1-8(20)12(17)19-14(2,16-13(15)18)11-7-9-5-3-4-6-10(9)21-11/h3-8,20H,1-2H3,(H3,15,16,18). The highest BCUT2D eigenvalue weighted by Crippen LogP contribution is 2.34. The van der Waals surface area contributed by atoms with E-state index >= 15 is 0 Å². The Kier molecular flexibility index (Phi) is 4.43. The Labute approximate surface area is 131 Å². The highest BCUT2D eigenvalue weighted by atomic mass is 32.1.